The average Bonchev–Trinajstić information content (AvgIpc) is 3.04. The normalized spacial score (nSPS) is 12.0. The number of sulfonamides is 1. The van der Waals surface area contributed by atoms with Gasteiger partial charge >= 0.3 is 5.97 Å². The molecule has 0 aromatic carbocycles. The van der Waals surface area contributed by atoms with Crippen LogP contribution in [0.5, 0.6) is 0 Å². The van der Waals surface area contributed by atoms with Crippen LogP contribution in [0.2, 0.25) is 0 Å². The van der Waals surface area contributed by atoms with Gasteiger partial charge in [0.1, 0.15) is 9.77 Å². The number of nitrogens with zero attached hydrogens (tertiary/aromatic N) is 1. The number of carbonyl (C=O) groups is 1. The van der Waals surface area contributed by atoms with Crippen LogP contribution in [0.4, 0.5) is 0 Å². The zero-order valence-corrected chi connectivity index (χ0v) is 15.0. The molecule has 5 nitrogen and oxygen atoms in total. The number of halogens is 1. The van der Waals surface area contributed by atoms with E-state index in [1.807, 2.05) is 17.5 Å². The molecule has 0 spiro atoms. The maximum Gasteiger partial charge on any atom is 0.345 e. The van der Waals surface area contributed by atoms with Gasteiger partial charge in [-0.05, 0) is 39.9 Å². The zero-order valence-electron chi connectivity index (χ0n) is 10.9. The van der Waals surface area contributed by atoms with Gasteiger partial charge in [0.2, 0.25) is 10.0 Å². The molecular formula is C12H12BrNO4S3. The highest BCUT2D eigenvalue weighted by Gasteiger charge is 2.27. The Morgan fingerprint density at radius 1 is 1.48 bits per heavy atom. The van der Waals surface area contributed by atoms with Crippen molar-refractivity contribution in [3.05, 3.63) is 37.1 Å². The van der Waals surface area contributed by atoms with E-state index in [2.05, 4.69) is 15.9 Å². The van der Waals surface area contributed by atoms with E-state index in [0.29, 0.717) is 16.8 Å². The third-order valence-electron chi connectivity index (χ3n) is 2.81. The van der Waals surface area contributed by atoms with Gasteiger partial charge in [0, 0.05) is 18.5 Å². The fourth-order valence-electron chi connectivity index (χ4n) is 1.64. The molecule has 0 aliphatic heterocycles. The van der Waals surface area contributed by atoms with Crippen LogP contribution < -0.4 is 0 Å². The molecular weight excluding hydrogens is 398 g/mol. The van der Waals surface area contributed by atoms with E-state index in [9.17, 15) is 13.2 Å². The van der Waals surface area contributed by atoms with Crippen LogP contribution in [0.25, 0.3) is 0 Å². The van der Waals surface area contributed by atoms with Gasteiger partial charge < -0.3 is 5.11 Å². The highest BCUT2D eigenvalue weighted by molar-refractivity contribution is 9.11. The molecule has 9 heteroatoms. The van der Waals surface area contributed by atoms with Crippen LogP contribution in [0.3, 0.4) is 0 Å². The van der Waals surface area contributed by atoms with Crippen LogP contribution in [0.15, 0.2) is 32.3 Å². The Kier molecular flexibility index (Phi) is 5.20. The van der Waals surface area contributed by atoms with Gasteiger partial charge in [-0.15, -0.1) is 22.7 Å². The minimum Gasteiger partial charge on any atom is -0.477 e. The van der Waals surface area contributed by atoms with Gasteiger partial charge in [-0.25, -0.2) is 17.5 Å². The maximum absolute atomic E-state index is 12.5. The van der Waals surface area contributed by atoms with Gasteiger partial charge in [-0.3, -0.25) is 0 Å². The molecule has 0 unspecified atom stereocenters. The van der Waals surface area contributed by atoms with Crippen LogP contribution in [0.1, 0.15) is 14.5 Å². The number of carboxylic acids is 1. The fourth-order valence-corrected chi connectivity index (χ4v) is 5.86. The predicted octanol–water partition coefficient (Wildman–Crippen LogP) is 3.13. The van der Waals surface area contributed by atoms with E-state index in [1.165, 1.54) is 17.4 Å². The van der Waals surface area contributed by atoms with Crippen LogP contribution in [0, 0.1) is 0 Å². The predicted molar refractivity (Wildman–Crippen MR) is 86.8 cm³/mol. The Morgan fingerprint density at radius 3 is 2.71 bits per heavy atom. The van der Waals surface area contributed by atoms with E-state index >= 15 is 0 Å². The Morgan fingerprint density at radius 2 is 2.19 bits per heavy atom. The molecule has 2 aromatic heterocycles. The van der Waals surface area contributed by atoms with E-state index in [-0.39, 0.29) is 9.77 Å². The lowest BCUT2D eigenvalue weighted by Crippen LogP contribution is -2.28. The Balaban J connectivity index is 2.18. The summed E-state index contributed by atoms with van der Waals surface area (Å²) in [6.07, 6.45) is 0.626. The number of hydrogen-bond acceptors (Lipinski definition) is 5. The lowest BCUT2D eigenvalue weighted by atomic mass is 10.3. The van der Waals surface area contributed by atoms with Crippen molar-refractivity contribution >= 4 is 54.6 Å². The first-order chi connectivity index (χ1) is 9.82. The lowest BCUT2D eigenvalue weighted by molar-refractivity contribution is 0.0702. The Hall–Kier alpha value is -0.740. The van der Waals surface area contributed by atoms with Crippen molar-refractivity contribution in [1.82, 2.24) is 4.31 Å². The van der Waals surface area contributed by atoms with Gasteiger partial charge in [-0.1, -0.05) is 6.07 Å². The molecule has 0 bridgehead atoms. The zero-order chi connectivity index (χ0) is 15.6. The van der Waals surface area contributed by atoms with E-state index < -0.39 is 16.0 Å². The molecule has 0 amide bonds. The minimum absolute atomic E-state index is 0.00132. The fraction of sp³-hybridized carbons (Fsp3) is 0.250. The summed E-state index contributed by atoms with van der Waals surface area (Å²) in [4.78, 5) is 12.0. The third kappa shape index (κ3) is 3.72. The topological polar surface area (TPSA) is 74.7 Å². The molecule has 1 N–H and O–H groups in total. The largest absolute Gasteiger partial charge is 0.477 e. The van der Waals surface area contributed by atoms with Gasteiger partial charge in [0.15, 0.2) is 0 Å². The van der Waals surface area contributed by atoms with Crippen molar-refractivity contribution < 1.29 is 18.3 Å². The molecule has 0 fully saturated rings. The summed E-state index contributed by atoms with van der Waals surface area (Å²) in [5, 5.41) is 10.9. The molecule has 0 aliphatic rings. The van der Waals surface area contributed by atoms with Gasteiger partial charge in [0.25, 0.3) is 0 Å². The molecule has 0 aliphatic carbocycles. The molecule has 0 atom stereocenters. The second-order valence-electron chi connectivity index (χ2n) is 4.21. The standard InChI is InChI=1S/C12H12BrNO4S3/c1-14(5-4-8-3-2-6-19-8)21(17,18)10-7-9(12(15)16)20-11(10)13/h2-3,6-7H,4-5H2,1H3,(H,15,16). The third-order valence-corrected chi connectivity index (χ3v) is 7.84. The van der Waals surface area contributed by atoms with Crippen molar-refractivity contribution in [3.63, 3.8) is 0 Å². The number of likely N-dealkylation sites (N-methyl/N-ethyl adjacent to an activating group) is 1. The van der Waals surface area contributed by atoms with Crippen LogP contribution in [-0.2, 0) is 16.4 Å². The molecule has 0 saturated carbocycles. The van der Waals surface area contributed by atoms with E-state index in [1.54, 1.807) is 11.3 Å². The Labute approximate surface area is 139 Å². The molecule has 0 saturated heterocycles. The SMILES string of the molecule is CN(CCc1cccs1)S(=O)(=O)c1cc(C(=O)O)sc1Br. The number of hydrogen-bond donors (Lipinski definition) is 1. The number of rotatable bonds is 6. The molecule has 21 heavy (non-hydrogen) atoms. The first-order valence-electron chi connectivity index (χ1n) is 5.83. The smallest absolute Gasteiger partial charge is 0.345 e. The second-order valence-corrected chi connectivity index (χ2v) is 9.63. The van der Waals surface area contributed by atoms with Gasteiger partial charge in [-0.2, -0.15) is 0 Å². The Bertz CT molecular complexity index is 737. The van der Waals surface area contributed by atoms with E-state index in [4.69, 9.17) is 5.11 Å². The van der Waals surface area contributed by atoms with Gasteiger partial charge in [0.05, 0.1) is 3.79 Å². The summed E-state index contributed by atoms with van der Waals surface area (Å²) in [6, 6.07) is 5.06. The van der Waals surface area contributed by atoms with Crippen molar-refractivity contribution in [2.75, 3.05) is 13.6 Å². The summed E-state index contributed by atoms with van der Waals surface area (Å²) in [6.45, 7) is 0.341. The molecule has 114 valence electrons. The molecule has 2 rings (SSSR count). The summed E-state index contributed by atoms with van der Waals surface area (Å²) < 4.78 is 26.5. The second kappa shape index (κ2) is 6.57. The van der Waals surface area contributed by atoms with E-state index in [0.717, 1.165) is 16.2 Å². The van der Waals surface area contributed by atoms with Crippen molar-refractivity contribution in [2.24, 2.45) is 0 Å². The maximum atomic E-state index is 12.5. The molecule has 2 heterocycles. The first kappa shape index (κ1) is 16.6. The summed E-state index contributed by atoms with van der Waals surface area (Å²) >= 11 is 5.60. The first-order valence-corrected chi connectivity index (χ1v) is 9.76. The number of thiophene rings is 2. The van der Waals surface area contributed by atoms with Crippen LogP contribution in [-0.4, -0.2) is 37.4 Å². The van der Waals surface area contributed by atoms with Crippen LogP contribution >= 0.6 is 38.6 Å². The number of carboxylic acid groups (broad SMARTS) is 1. The summed E-state index contributed by atoms with van der Waals surface area (Å²) in [5.41, 5.74) is 0. The molecule has 0 radical (unpaired) electrons. The quantitative estimate of drug-likeness (QED) is 0.794. The van der Waals surface area contributed by atoms with Crippen molar-refractivity contribution in [2.45, 2.75) is 11.3 Å². The summed E-state index contributed by atoms with van der Waals surface area (Å²) in [5.74, 6) is -1.14. The average molecular weight is 410 g/mol. The van der Waals surface area contributed by atoms with Crippen molar-refractivity contribution in [3.8, 4) is 0 Å². The minimum atomic E-state index is -3.70. The highest BCUT2D eigenvalue weighted by atomic mass is 79.9. The lowest BCUT2D eigenvalue weighted by Gasteiger charge is -2.16. The monoisotopic (exact) mass is 409 g/mol. The molecule has 2 aromatic rings. The summed E-state index contributed by atoms with van der Waals surface area (Å²) in [7, 11) is -2.20. The highest BCUT2D eigenvalue weighted by Crippen LogP contribution is 2.33. The van der Waals surface area contributed by atoms with Crippen molar-refractivity contribution in [1.29, 1.82) is 0 Å². The number of aromatic carboxylic acids is 1.